The van der Waals surface area contributed by atoms with Crippen molar-refractivity contribution in [2.45, 2.75) is 52.5 Å². The molecule has 3 rings (SSSR count). The van der Waals surface area contributed by atoms with Crippen LogP contribution >= 0.6 is 0 Å². The molecule has 0 saturated carbocycles. The van der Waals surface area contributed by atoms with Crippen molar-refractivity contribution >= 4 is 29.1 Å². The molecule has 33 heavy (non-hydrogen) atoms. The second kappa shape index (κ2) is 11.2. The van der Waals surface area contributed by atoms with Gasteiger partial charge in [0.2, 0.25) is 0 Å². The van der Waals surface area contributed by atoms with Gasteiger partial charge in [-0.15, -0.1) is 0 Å². The fraction of sp³-hybridized carbons (Fsp3) is 0.462. The standard InChI is InChI=1S/C26H35N3O4/c1-5-19(15-25(30)31)20-8-11-23(29-12-13-33-16-24(29)17(2)3)22(14-20)28-26(32)27-21-9-6-18(4)7-10-21/h6-11,14,17,19,24H,5,12-13,15-16H2,1-4H3,(H,30,31)(H2,27,28,32). The number of nitrogens with zero attached hydrogens (tertiary/aromatic N) is 1. The Balaban J connectivity index is 1.93. The van der Waals surface area contributed by atoms with Gasteiger partial charge in [0.25, 0.3) is 0 Å². The monoisotopic (exact) mass is 453 g/mol. The SMILES string of the molecule is CCC(CC(=O)O)c1ccc(N2CCOCC2C(C)C)c(NC(=O)Nc2ccc(C)cc2)c1. The van der Waals surface area contributed by atoms with Crippen LogP contribution in [0.5, 0.6) is 0 Å². The molecule has 2 aromatic rings. The molecular formula is C26H35N3O4. The number of carboxylic acids is 1. The molecule has 0 aromatic heterocycles. The van der Waals surface area contributed by atoms with Gasteiger partial charge in [0.05, 0.1) is 37.1 Å². The molecular weight excluding hydrogens is 418 g/mol. The van der Waals surface area contributed by atoms with Gasteiger partial charge >= 0.3 is 12.0 Å². The van der Waals surface area contributed by atoms with Crippen molar-refractivity contribution in [3.8, 4) is 0 Å². The third kappa shape index (κ3) is 6.48. The maximum Gasteiger partial charge on any atom is 0.323 e. The number of rotatable bonds is 8. The largest absolute Gasteiger partial charge is 0.481 e. The number of carbonyl (C=O) groups is 2. The molecule has 2 amide bonds. The van der Waals surface area contributed by atoms with Gasteiger partial charge < -0.3 is 25.4 Å². The summed E-state index contributed by atoms with van der Waals surface area (Å²) in [6.45, 7) is 10.3. The summed E-state index contributed by atoms with van der Waals surface area (Å²) in [6, 6.07) is 13.4. The first kappa shape index (κ1) is 24.6. The molecule has 0 spiro atoms. The number of hydrogen-bond donors (Lipinski definition) is 3. The van der Waals surface area contributed by atoms with Gasteiger partial charge in [0.1, 0.15) is 0 Å². The second-order valence-corrected chi connectivity index (χ2v) is 9.00. The van der Waals surface area contributed by atoms with Crippen LogP contribution in [-0.2, 0) is 9.53 Å². The lowest BCUT2D eigenvalue weighted by molar-refractivity contribution is -0.137. The molecule has 0 bridgehead atoms. The third-order valence-corrected chi connectivity index (χ3v) is 6.21. The van der Waals surface area contributed by atoms with E-state index in [1.54, 1.807) is 0 Å². The van der Waals surface area contributed by atoms with Crippen LogP contribution in [0, 0.1) is 12.8 Å². The van der Waals surface area contributed by atoms with Crippen molar-refractivity contribution in [2.75, 3.05) is 35.3 Å². The summed E-state index contributed by atoms with van der Waals surface area (Å²) < 4.78 is 5.72. The Kier molecular flexibility index (Phi) is 8.33. The molecule has 1 saturated heterocycles. The molecule has 1 heterocycles. The highest BCUT2D eigenvalue weighted by atomic mass is 16.5. The molecule has 2 atom stereocenters. The number of amides is 2. The molecule has 178 valence electrons. The van der Waals surface area contributed by atoms with Crippen LogP contribution in [0.1, 0.15) is 50.7 Å². The number of carbonyl (C=O) groups excluding carboxylic acids is 1. The Morgan fingerprint density at radius 1 is 1.15 bits per heavy atom. The molecule has 2 unspecified atom stereocenters. The first-order chi connectivity index (χ1) is 15.8. The van der Waals surface area contributed by atoms with Crippen LogP contribution in [0.3, 0.4) is 0 Å². The van der Waals surface area contributed by atoms with Crippen LogP contribution in [0.2, 0.25) is 0 Å². The van der Waals surface area contributed by atoms with Gasteiger partial charge in [0.15, 0.2) is 0 Å². The normalized spacial score (nSPS) is 17.0. The Labute approximate surface area is 196 Å². The van der Waals surface area contributed by atoms with E-state index in [0.29, 0.717) is 36.9 Å². The summed E-state index contributed by atoms with van der Waals surface area (Å²) in [5.74, 6) is -0.581. The zero-order chi connectivity index (χ0) is 24.0. The fourth-order valence-electron chi connectivity index (χ4n) is 4.26. The number of morpholine rings is 1. The van der Waals surface area contributed by atoms with Gasteiger partial charge in [-0.1, -0.05) is 44.5 Å². The number of anilines is 3. The topological polar surface area (TPSA) is 90.9 Å². The van der Waals surface area contributed by atoms with Crippen LogP contribution in [0.15, 0.2) is 42.5 Å². The van der Waals surface area contributed by atoms with E-state index in [0.717, 1.165) is 23.4 Å². The third-order valence-electron chi connectivity index (χ3n) is 6.21. The van der Waals surface area contributed by atoms with E-state index in [9.17, 15) is 14.7 Å². The number of urea groups is 1. The lowest BCUT2D eigenvalue weighted by Gasteiger charge is -2.40. The smallest absolute Gasteiger partial charge is 0.323 e. The number of hydrogen-bond acceptors (Lipinski definition) is 4. The Morgan fingerprint density at radius 3 is 2.52 bits per heavy atom. The van der Waals surface area contributed by atoms with Crippen LogP contribution in [0.25, 0.3) is 0 Å². The van der Waals surface area contributed by atoms with E-state index >= 15 is 0 Å². The lowest BCUT2D eigenvalue weighted by atomic mass is 9.92. The summed E-state index contributed by atoms with van der Waals surface area (Å²) in [4.78, 5) is 26.5. The quantitative estimate of drug-likeness (QED) is 0.493. The highest BCUT2D eigenvalue weighted by molar-refractivity contribution is 6.02. The average molecular weight is 454 g/mol. The van der Waals surface area contributed by atoms with Crippen molar-refractivity contribution < 1.29 is 19.4 Å². The highest BCUT2D eigenvalue weighted by Gasteiger charge is 2.28. The van der Waals surface area contributed by atoms with Crippen LogP contribution in [0.4, 0.5) is 21.9 Å². The number of aliphatic carboxylic acids is 1. The number of nitrogens with one attached hydrogen (secondary N) is 2. The maximum atomic E-state index is 12.9. The first-order valence-corrected chi connectivity index (χ1v) is 11.6. The minimum atomic E-state index is -0.828. The Bertz CT molecular complexity index is 959. The Hall–Kier alpha value is -3.06. The molecule has 1 fully saturated rings. The molecule has 0 aliphatic carbocycles. The average Bonchev–Trinajstić information content (AvgIpc) is 2.78. The second-order valence-electron chi connectivity index (χ2n) is 9.00. The van der Waals surface area contributed by atoms with Crippen molar-refractivity contribution in [1.29, 1.82) is 0 Å². The van der Waals surface area contributed by atoms with Gasteiger partial charge in [-0.25, -0.2) is 4.79 Å². The van der Waals surface area contributed by atoms with Gasteiger partial charge in [-0.3, -0.25) is 4.79 Å². The van der Waals surface area contributed by atoms with Crippen molar-refractivity contribution in [2.24, 2.45) is 5.92 Å². The molecule has 1 aliphatic rings. The zero-order valence-corrected chi connectivity index (χ0v) is 19.9. The molecule has 7 nitrogen and oxygen atoms in total. The minimum Gasteiger partial charge on any atom is -0.481 e. The summed E-state index contributed by atoms with van der Waals surface area (Å²) in [5, 5.41) is 15.2. The minimum absolute atomic E-state index is 0.0526. The number of ether oxygens (including phenoxy) is 1. The summed E-state index contributed by atoms with van der Waals surface area (Å²) in [5.41, 5.74) is 4.33. The van der Waals surface area contributed by atoms with Crippen molar-refractivity contribution in [3.63, 3.8) is 0 Å². The van der Waals surface area contributed by atoms with Crippen LogP contribution in [-0.4, -0.2) is 42.9 Å². The van der Waals surface area contributed by atoms with E-state index in [2.05, 4.69) is 29.4 Å². The zero-order valence-electron chi connectivity index (χ0n) is 19.9. The van der Waals surface area contributed by atoms with Gasteiger partial charge in [0, 0.05) is 12.2 Å². The number of carboxylic acid groups (broad SMARTS) is 1. The van der Waals surface area contributed by atoms with E-state index in [1.807, 2.05) is 56.3 Å². The van der Waals surface area contributed by atoms with E-state index < -0.39 is 5.97 Å². The molecule has 1 aliphatic heterocycles. The predicted molar refractivity (Wildman–Crippen MR) is 132 cm³/mol. The van der Waals surface area contributed by atoms with E-state index in [-0.39, 0.29) is 24.4 Å². The summed E-state index contributed by atoms with van der Waals surface area (Å²) in [6.07, 6.45) is 0.754. The van der Waals surface area contributed by atoms with Gasteiger partial charge in [-0.05, 0) is 55.0 Å². The molecule has 2 aromatic carbocycles. The first-order valence-electron chi connectivity index (χ1n) is 11.6. The van der Waals surface area contributed by atoms with Crippen molar-refractivity contribution in [1.82, 2.24) is 0 Å². The highest BCUT2D eigenvalue weighted by Crippen LogP contribution is 2.35. The van der Waals surface area contributed by atoms with E-state index in [4.69, 9.17) is 4.74 Å². The summed E-state index contributed by atoms with van der Waals surface area (Å²) in [7, 11) is 0. The molecule has 3 N–H and O–H groups in total. The Morgan fingerprint density at radius 2 is 1.88 bits per heavy atom. The van der Waals surface area contributed by atoms with Gasteiger partial charge in [-0.2, -0.15) is 0 Å². The molecule has 7 heteroatoms. The summed E-state index contributed by atoms with van der Waals surface area (Å²) >= 11 is 0. The number of aryl methyl sites for hydroxylation is 1. The number of benzene rings is 2. The van der Waals surface area contributed by atoms with Crippen molar-refractivity contribution in [3.05, 3.63) is 53.6 Å². The van der Waals surface area contributed by atoms with Crippen LogP contribution < -0.4 is 15.5 Å². The van der Waals surface area contributed by atoms with E-state index in [1.165, 1.54) is 0 Å². The lowest BCUT2D eigenvalue weighted by Crippen LogP contribution is -2.48. The fourth-order valence-corrected chi connectivity index (χ4v) is 4.26. The molecule has 0 radical (unpaired) electrons. The predicted octanol–water partition coefficient (Wildman–Crippen LogP) is 5.47. The maximum absolute atomic E-state index is 12.9.